The summed E-state index contributed by atoms with van der Waals surface area (Å²) >= 11 is 13.3. The van der Waals surface area contributed by atoms with Crippen LogP contribution in [0.4, 0.5) is 16.2 Å². The van der Waals surface area contributed by atoms with E-state index in [4.69, 9.17) is 39.4 Å². The van der Waals surface area contributed by atoms with Crippen molar-refractivity contribution in [3.8, 4) is 0 Å². The Balaban J connectivity index is 2.14. The molecule has 6 N–H and O–H groups in total. The van der Waals surface area contributed by atoms with Gasteiger partial charge in [-0.15, -0.1) is 0 Å². The van der Waals surface area contributed by atoms with Gasteiger partial charge in [0.25, 0.3) is 5.91 Å². The topological polar surface area (TPSA) is 132 Å². The number of hydrogen-bond acceptors (Lipinski definition) is 7. The second-order valence-electron chi connectivity index (χ2n) is 7.38. The van der Waals surface area contributed by atoms with Crippen LogP contribution in [-0.2, 0) is 9.53 Å². The van der Waals surface area contributed by atoms with Gasteiger partial charge in [-0.25, -0.2) is 4.79 Å². The summed E-state index contributed by atoms with van der Waals surface area (Å²) in [6, 6.07) is 11.9. The van der Waals surface area contributed by atoms with Gasteiger partial charge in [-0.05, 0) is 69.1 Å². The number of anilines is 1. The van der Waals surface area contributed by atoms with Crippen LogP contribution in [0.15, 0.2) is 63.7 Å². The van der Waals surface area contributed by atoms with Crippen LogP contribution in [0.25, 0.3) is 0 Å². The van der Waals surface area contributed by atoms with Crippen LogP contribution in [0.5, 0.6) is 0 Å². The summed E-state index contributed by atoms with van der Waals surface area (Å²) in [7, 11) is 0. The molecular weight excluding hydrogens is 473 g/mol. The van der Waals surface area contributed by atoms with Crippen LogP contribution in [0.2, 0.25) is 10.0 Å². The molecule has 0 aliphatic rings. The third-order valence-corrected chi connectivity index (χ3v) is 4.99. The van der Waals surface area contributed by atoms with E-state index in [0.29, 0.717) is 21.4 Å². The van der Waals surface area contributed by atoms with Gasteiger partial charge in [-0.2, -0.15) is 0 Å². The van der Waals surface area contributed by atoms with Crippen molar-refractivity contribution in [2.24, 2.45) is 16.5 Å². The van der Waals surface area contributed by atoms with Crippen LogP contribution in [-0.4, -0.2) is 23.8 Å². The molecule has 0 bridgehead atoms. The maximum absolute atomic E-state index is 11.8. The molecule has 0 atom stereocenters. The first-order valence-electron chi connectivity index (χ1n) is 9.27. The van der Waals surface area contributed by atoms with Crippen molar-refractivity contribution < 1.29 is 14.3 Å². The highest BCUT2D eigenvalue weighted by Gasteiger charge is 2.16. The SMILES string of the molecule is CC(C)(C)OC(=O)NSc1ccc(NC(C=Nc2c(Cl)cccc2Cl)=C(N)C(N)=O)cc1. The molecule has 2 amide bonds. The smallest absolute Gasteiger partial charge is 0.418 e. The van der Waals surface area contributed by atoms with E-state index in [0.717, 1.165) is 16.8 Å². The van der Waals surface area contributed by atoms with E-state index in [1.54, 1.807) is 63.2 Å². The first-order valence-corrected chi connectivity index (χ1v) is 10.8. The molecule has 0 spiro atoms. The number of hydrogen-bond donors (Lipinski definition) is 4. The Bertz CT molecular complexity index is 1030. The molecule has 2 aromatic carbocycles. The Morgan fingerprint density at radius 1 is 1.06 bits per heavy atom. The van der Waals surface area contributed by atoms with E-state index < -0.39 is 17.6 Å². The number of benzene rings is 2. The number of carbonyl (C=O) groups excluding carboxylic acids is 2. The zero-order valence-electron chi connectivity index (χ0n) is 17.6. The summed E-state index contributed by atoms with van der Waals surface area (Å²) in [5.74, 6) is -0.821. The summed E-state index contributed by atoms with van der Waals surface area (Å²) in [6.07, 6.45) is 0.776. The molecule has 0 radical (unpaired) electrons. The summed E-state index contributed by atoms with van der Waals surface area (Å²) in [6.45, 7) is 5.34. The van der Waals surface area contributed by atoms with Crippen LogP contribution >= 0.6 is 35.1 Å². The lowest BCUT2D eigenvalue weighted by atomic mass is 10.2. The Kier molecular flexibility index (Phi) is 8.82. The lowest BCUT2D eigenvalue weighted by Gasteiger charge is -2.19. The summed E-state index contributed by atoms with van der Waals surface area (Å²) < 4.78 is 7.78. The zero-order valence-corrected chi connectivity index (χ0v) is 19.9. The van der Waals surface area contributed by atoms with Crippen molar-refractivity contribution in [2.75, 3.05) is 5.32 Å². The Labute approximate surface area is 200 Å². The minimum absolute atomic E-state index is 0.167. The average Bonchev–Trinajstić information content (AvgIpc) is 2.70. The van der Waals surface area contributed by atoms with Gasteiger partial charge in [0.1, 0.15) is 17.0 Å². The monoisotopic (exact) mass is 495 g/mol. The maximum atomic E-state index is 11.8. The van der Waals surface area contributed by atoms with Crippen LogP contribution in [0.3, 0.4) is 0 Å². The van der Waals surface area contributed by atoms with E-state index in [-0.39, 0.29) is 11.4 Å². The molecule has 0 unspecified atom stereocenters. The Morgan fingerprint density at radius 2 is 1.66 bits per heavy atom. The van der Waals surface area contributed by atoms with Crippen LogP contribution < -0.4 is 21.5 Å². The highest BCUT2D eigenvalue weighted by molar-refractivity contribution is 7.98. The number of nitrogens with one attached hydrogen (secondary N) is 2. The van der Waals surface area contributed by atoms with Gasteiger partial charge in [0, 0.05) is 10.6 Å². The molecule has 11 heteroatoms. The molecule has 0 saturated carbocycles. The van der Waals surface area contributed by atoms with Gasteiger partial charge in [0.05, 0.1) is 22.0 Å². The molecule has 0 aromatic heterocycles. The number of para-hydroxylation sites is 1. The fraction of sp³-hybridized carbons (Fsp3) is 0.190. The highest BCUT2D eigenvalue weighted by Crippen LogP contribution is 2.32. The van der Waals surface area contributed by atoms with Crippen molar-refractivity contribution in [1.82, 2.24) is 4.72 Å². The lowest BCUT2D eigenvalue weighted by molar-refractivity contribution is -0.114. The number of nitrogens with two attached hydrogens (primary N) is 2. The summed E-state index contributed by atoms with van der Waals surface area (Å²) in [5, 5.41) is 3.66. The number of rotatable bonds is 7. The molecule has 0 aliphatic carbocycles. The van der Waals surface area contributed by atoms with E-state index in [1.165, 1.54) is 6.21 Å². The molecule has 0 aliphatic heterocycles. The lowest BCUT2D eigenvalue weighted by Crippen LogP contribution is -2.29. The minimum Gasteiger partial charge on any atom is -0.443 e. The summed E-state index contributed by atoms with van der Waals surface area (Å²) in [4.78, 5) is 28.4. The first kappa shape index (κ1) is 25.4. The molecule has 0 saturated heterocycles. The van der Waals surface area contributed by atoms with Gasteiger partial charge in [0.2, 0.25) is 0 Å². The van der Waals surface area contributed by atoms with Crippen molar-refractivity contribution in [1.29, 1.82) is 0 Å². The molecule has 32 heavy (non-hydrogen) atoms. The number of carbonyl (C=O) groups is 2. The summed E-state index contributed by atoms with van der Waals surface area (Å²) in [5.41, 5.74) is 11.4. The van der Waals surface area contributed by atoms with Gasteiger partial charge in [0.15, 0.2) is 0 Å². The third-order valence-electron chi connectivity index (χ3n) is 3.60. The number of amides is 2. The second kappa shape index (κ2) is 11.1. The van der Waals surface area contributed by atoms with Gasteiger partial charge in [-0.3, -0.25) is 14.5 Å². The van der Waals surface area contributed by atoms with Gasteiger partial charge < -0.3 is 21.5 Å². The number of aliphatic imine (C=N–C) groups is 1. The number of allylic oxidation sites excluding steroid dienone is 1. The number of primary amides is 1. The number of ether oxygens (including phenoxy) is 1. The maximum Gasteiger partial charge on any atom is 0.418 e. The molecular formula is C21H23Cl2N5O3S. The molecule has 2 aromatic rings. The van der Waals surface area contributed by atoms with Crippen LogP contribution in [0.1, 0.15) is 20.8 Å². The predicted octanol–water partition coefficient (Wildman–Crippen LogP) is 5.00. The molecule has 2 rings (SSSR count). The van der Waals surface area contributed by atoms with E-state index >= 15 is 0 Å². The largest absolute Gasteiger partial charge is 0.443 e. The van der Waals surface area contributed by atoms with Crippen molar-refractivity contribution >= 4 is 64.7 Å². The first-order chi connectivity index (χ1) is 15.0. The number of nitrogens with zero attached hydrogens (tertiary/aromatic N) is 1. The molecule has 0 fully saturated rings. The van der Waals surface area contributed by atoms with Crippen molar-refractivity contribution in [3.05, 3.63) is 63.9 Å². The molecule has 8 nitrogen and oxygen atoms in total. The standard InChI is InChI=1S/C21H23Cl2N5O3S/c1-21(2,3)31-20(30)28-32-13-9-7-12(8-10-13)27-16(17(24)19(25)29)11-26-18-14(22)5-4-6-15(18)23/h4-11,27H,24H2,1-3H3,(H2,25,29)(H,28,30). The predicted molar refractivity (Wildman–Crippen MR) is 130 cm³/mol. The highest BCUT2D eigenvalue weighted by atomic mass is 35.5. The molecule has 170 valence electrons. The van der Waals surface area contributed by atoms with Crippen molar-refractivity contribution in [3.63, 3.8) is 0 Å². The quantitative estimate of drug-likeness (QED) is 0.243. The van der Waals surface area contributed by atoms with Gasteiger partial charge in [-0.1, -0.05) is 29.3 Å². The minimum atomic E-state index is -0.821. The van der Waals surface area contributed by atoms with Crippen molar-refractivity contribution in [2.45, 2.75) is 31.3 Å². The van der Waals surface area contributed by atoms with Crippen LogP contribution in [0, 0.1) is 0 Å². The third kappa shape index (κ3) is 7.99. The van der Waals surface area contributed by atoms with E-state index in [9.17, 15) is 9.59 Å². The zero-order chi connectivity index (χ0) is 23.9. The van der Waals surface area contributed by atoms with E-state index in [2.05, 4.69) is 15.0 Å². The Morgan fingerprint density at radius 3 is 2.19 bits per heavy atom. The normalized spacial score (nSPS) is 12.3. The average molecular weight is 496 g/mol. The fourth-order valence-corrected chi connectivity index (χ4v) is 3.21. The number of halogens is 2. The van der Waals surface area contributed by atoms with Gasteiger partial charge >= 0.3 is 6.09 Å². The second-order valence-corrected chi connectivity index (χ2v) is 9.07. The fourth-order valence-electron chi connectivity index (χ4n) is 2.20. The van der Waals surface area contributed by atoms with E-state index in [1.807, 2.05) is 0 Å². The Hall–Kier alpha value is -2.88. The molecule has 0 heterocycles.